The molecule has 1 nitrogen and oxygen atoms in total. The lowest BCUT2D eigenvalue weighted by atomic mass is 9.63. The lowest BCUT2D eigenvalue weighted by Crippen LogP contribution is -2.34. The molecule has 0 saturated heterocycles. The SMILES string of the molecule is Cc1cc(C)c(CC2(CCN)CCC2)c(C)c1. The normalized spacial score (nSPS) is 17.9. The van der Waals surface area contributed by atoms with Crippen molar-refractivity contribution in [3.63, 3.8) is 0 Å². The molecule has 1 aliphatic carbocycles. The third-order valence-corrected chi connectivity index (χ3v) is 4.48. The molecular weight excluding hydrogens is 206 g/mol. The van der Waals surface area contributed by atoms with Gasteiger partial charge in [0.1, 0.15) is 0 Å². The molecule has 2 N–H and O–H groups in total. The third kappa shape index (κ3) is 2.55. The molecule has 0 bridgehead atoms. The number of hydrogen-bond acceptors (Lipinski definition) is 1. The minimum absolute atomic E-state index is 0.527. The van der Waals surface area contributed by atoms with Crippen LogP contribution in [0, 0.1) is 26.2 Å². The van der Waals surface area contributed by atoms with E-state index in [1.807, 2.05) is 0 Å². The second-order valence-corrected chi connectivity index (χ2v) is 5.95. The van der Waals surface area contributed by atoms with E-state index in [9.17, 15) is 0 Å². The van der Waals surface area contributed by atoms with E-state index < -0.39 is 0 Å². The molecule has 0 amide bonds. The smallest absolute Gasteiger partial charge is 0.00719 e. The largest absolute Gasteiger partial charge is 0.330 e. The molecule has 17 heavy (non-hydrogen) atoms. The van der Waals surface area contributed by atoms with Crippen LogP contribution in [-0.4, -0.2) is 6.54 Å². The Morgan fingerprint density at radius 2 is 1.71 bits per heavy atom. The first-order valence-corrected chi connectivity index (χ1v) is 6.83. The van der Waals surface area contributed by atoms with Crippen LogP contribution in [0.5, 0.6) is 0 Å². The number of benzene rings is 1. The van der Waals surface area contributed by atoms with E-state index in [-0.39, 0.29) is 0 Å². The first-order valence-electron chi connectivity index (χ1n) is 6.83. The zero-order valence-electron chi connectivity index (χ0n) is 11.5. The summed E-state index contributed by atoms with van der Waals surface area (Å²) >= 11 is 0. The van der Waals surface area contributed by atoms with Crippen molar-refractivity contribution in [2.24, 2.45) is 11.1 Å². The first kappa shape index (κ1) is 12.6. The Morgan fingerprint density at radius 1 is 1.12 bits per heavy atom. The summed E-state index contributed by atoms with van der Waals surface area (Å²) in [7, 11) is 0. The quantitative estimate of drug-likeness (QED) is 0.840. The molecule has 0 atom stereocenters. The highest BCUT2D eigenvalue weighted by atomic mass is 14.6. The molecule has 0 radical (unpaired) electrons. The lowest BCUT2D eigenvalue weighted by Gasteiger charge is -2.43. The summed E-state index contributed by atoms with van der Waals surface area (Å²) in [5.41, 5.74) is 12.2. The summed E-state index contributed by atoms with van der Waals surface area (Å²) in [5.74, 6) is 0. The van der Waals surface area contributed by atoms with Gasteiger partial charge in [0.15, 0.2) is 0 Å². The van der Waals surface area contributed by atoms with Crippen molar-refractivity contribution in [1.29, 1.82) is 0 Å². The van der Waals surface area contributed by atoms with Crippen molar-refractivity contribution in [2.75, 3.05) is 6.54 Å². The highest BCUT2D eigenvalue weighted by Crippen LogP contribution is 2.47. The van der Waals surface area contributed by atoms with E-state index in [4.69, 9.17) is 5.73 Å². The summed E-state index contributed by atoms with van der Waals surface area (Å²) < 4.78 is 0. The molecule has 0 aromatic heterocycles. The predicted octanol–water partition coefficient (Wildman–Crippen LogP) is 3.67. The van der Waals surface area contributed by atoms with Crippen LogP contribution in [0.3, 0.4) is 0 Å². The number of nitrogens with two attached hydrogens (primary N) is 1. The molecule has 0 spiro atoms. The van der Waals surface area contributed by atoms with Gasteiger partial charge in [-0.05, 0) is 75.1 Å². The maximum absolute atomic E-state index is 5.78. The number of aryl methyl sites for hydroxylation is 3. The molecule has 0 unspecified atom stereocenters. The molecule has 94 valence electrons. The summed E-state index contributed by atoms with van der Waals surface area (Å²) in [6, 6.07) is 4.63. The average molecular weight is 231 g/mol. The highest BCUT2D eigenvalue weighted by Gasteiger charge is 2.36. The molecule has 2 rings (SSSR count). The number of rotatable bonds is 4. The Bertz CT molecular complexity index is 379. The summed E-state index contributed by atoms with van der Waals surface area (Å²) in [6.45, 7) is 7.53. The zero-order chi connectivity index (χ0) is 12.5. The molecule has 1 aliphatic rings. The van der Waals surface area contributed by atoms with Gasteiger partial charge < -0.3 is 5.73 Å². The standard InChI is InChI=1S/C16H25N/c1-12-9-13(2)15(14(3)10-12)11-16(7-8-17)5-4-6-16/h9-10H,4-8,11,17H2,1-3H3. The molecule has 1 aromatic carbocycles. The van der Waals surface area contributed by atoms with Crippen LogP contribution < -0.4 is 5.73 Å². The number of hydrogen-bond donors (Lipinski definition) is 1. The van der Waals surface area contributed by atoms with Gasteiger partial charge in [0.05, 0.1) is 0 Å². The Kier molecular flexibility index (Phi) is 3.58. The van der Waals surface area contributed by atoms with Crippen molar-refractivity contribution < 1.29 is 0 Å². The fraction of sp³-hybridized carbons (Fsp3) is 0.625. The van der Waals surface area contributed by atoms with Crippen molar-refractivity contribution >= 4 is 0 Å². The average Bonchev–Trinajstić information content (AvgIpc) is 2.19. The van der Waals surface area contributed by atoms with E-state index in [2.05, 4.69) is 32.9 Å². The van der Waals surface area contributed by atoms with Crippen LogP contribution in [0.25, 0.3) is 0 Å². The van der Waals surface area contributed by atoms with Crippen LogP contribution in [0.4, 0.5) is 0 Å². The van der Waals surface area contributed by atoms with Gasteiger partial charge in [-0.25, -0.2) is 0 Å². The maximum atomic E-state index is 5.78. The van der Waals surface area contributed by atoms with Crippen molar-refractivity contribution in [2.45, 2.75) is 52.9 Å². The minimum Gasteiger partial charge on any atom is -0.330 e. The fourth-order valence-corrected chi connectivity index (χ4v) is 3.36. The fourth-order valence-electron chi connectivity index (χ4n) is 3.36. The molecular formula is C16H25N. The van der Waals surface area contributed by atoms with Gasteiger partial charge in [0.2, 0.25) is 0 Å². The van der Waals surface area contributed by atoms with Crippen LogP contribution in [-0.2, 0) is 6.42 Å². The Balaban J connectivity index is 2.23. The van der Waals surface area contributed by atoms with Gasteiger partial charge >= 0.3 is 0 Å². The van der Waals surface area contributed by atoms with E-state index in [0.29, 0.717) is 5.41 Å². The second-order valence-electron chi connectivity index (χ2n) is 5.95. The Morgan fingerprint density at radius 3 is 2.12 bits per heavy atom. The van der Waals surface area contributed by atoms with Gasteiger partial charge in [0, 0.05) is 0 Å². The van der Waals surface area contributed by atoms with E-state index in [0.717, 1.165) is 6.54 Å². The monoisotopic (exact) mass is 231 g/mol. The van der Waals surface area contributed by atoms with Crippen LogP contribution >= 0.6 is 0 Å². The van der Waals surface area contributed by atoms with Crippen LogP contribution in [0.2, 0.25) is 0 Å². The van der Waals surface area contributed by atoms with Gasteiger partial charge in [-0.3, -0.25) is 0 Å². The molecule has 1 saturated carbocycles. The summed E-state index contributed by atoms with van der Waals surface area (Å²) in [4.78, 5) is 0. The minimum atomic E-state index is 0.527. The summed E-state index contributed by atoms with van der Waals surface area (Å²) in [6.07, 6.45) is 6.57. The van der Waals surface area contributed by atoms with Gasteiger partial charge in [-0.2, -0.15) is 0 Å². The van der Waals surface area contributed by atoms with E-state index >= 15 is 0 Å². The molecule has 0 aliphatic heterocycles. The predicted molar refractivity (Wildman–Crippen MR) is 74.3 cm³/mol. The molecule has 1 fully saturated rings. The Labute approximate surface area is 105 Å². The summed E-state index contributed by atoms with van der Waals surface area (Å²) in [5, 5.41) is 0. The molecule has 1 aromatic rings. The highest BCUT2D eigenvalue weighted by molar-refractivity contribution is 5.38. The van der Waals surface area contributed by atoms with Gasteiger partial charge in [-0.1, -0.05) is 24.1 Å². The molecule has 0 heterocycles. The van der Waals surface area contributed by atoms with Crippen LogP contribution in [0.1, 0.15) is 47.9 Å². The van der Waals surface area contributed by atoms with Gasteiger partial charge in [0.25, 0.3) is 0 Å². The van der Waals surface area contributed by atoms with Gasteiger partial charge in [-0.15, -0.1) is 0 Å². The zero-order valence-corrected chi connectivity index (χ0v) is 11.5. The van der Waals surface area contributed by atoms with Crippen LogP contribution in [0.15, 0.2) is 12.1 Å². The van der Waals surface area contributed by atoms with Crippen molar-refractivity contribution in [3.8, 4) is 0 Å². The maximum Gasteiger partial charge on any atom is -0.00719 e. The Hall–Kier alpha value is -0.820. The molecule has 1 heteroatoms. The van der Waals surface area contributed by atoms with E-state index in [1.165, 1.54) is 48.8 Å². The van der Waals surface area contributed by atoms with Crippen molar-refractivity contribution in [1.82, 2.24) is 0 Å². The third-order valence-electron chi connectivity index (χ3n) is 4.48. The first-order chi connectivity index (χ1) is 8.06. The van der Waals surface area contributed by atoms with E-state index in [1.54, 1.807) is 5.56 Å². The topological polar surface area (TPSA) is 26.0 Å². The van der Waals surface area contributed by atoms with Crippen molar-refractivity contribution in [3.05, 3.63) is 34.4 Å². The second kappa shape index (κ2) is 4.81. The lowest BCUT2D eigenvalue weighted by molar-refractivity contribution is 0.122.